The first-order valence-electron chi connectivity index (χ1n) is 7.42. The number of carbonyl (C=O) groups is 1. The number of carbonyl (C=O) groups excluding carboxylic acids is 1. The van der Waals surface area contributed by atoms with E-state index < -0.39 is 6.10 Å². The average molecular weight is 351 g/mol. The van der Waals surface area contributed by atoms with Crippen LogP contribution < -0.4 is 14.8 Å². The van der Waals surface area contributed by atoms with E-state index in [0.29, 0.717) is 16.6 Å². The number of benzene rings is 1. The van der Waals surface area contributed by atoms with Crippen LogP contribution in [0.15, 0.2) is 28.6 Å². The summed E-state index contributed by atoms with van der Waals surface area (Å²) in [5.74, 6) is 1.96. The molecule has 0 fully saturated rings. The van der Waals surface area contributed by atoms with Crippen LogP contribution in [-0.2, 0) is 4.79 Å². The van der Waals surface area contributed by atoms with Gasteiger partial charge in [0.05, 0.1) is 0 Å². The van der Waals surface area contributed by atoms with E-state index in [4.69, 9.17) is 9.47 Å². The molecule has 1 amide bonds. The van der Waals surface area contributed by atoms with Crippen molar-refractivity contribution in [3.63, 3.8) is 0 Å². The first-order chi connectivity index (χ1) is 11.3. The Morgan fingerprint density at radius 1 is 1.39 bits per heavy atom. The number of nitrogens with one attached hydrogen (secondary N) is 1. The third-order valence-corrected chi connectivity index (χ3v) is 5.22. The topological polar surface area (TPSA) is 73.3 Å². The van der Waals surface area contributed by atoms with Gasteiger partial charge in [-0.05, 0) is 18.6 Å². The van der Waals surface area contributed by atoms with Crippen LogP contribution >= 0.6 is 23.1 Å². The van der Waals surface area contributed by atoms with Gasteiger partial charge in [-0.2, -0.15) is 0 Å². The minimum atomic E-state index is -0.690. The highest BCUT2D eigenvalue weighted by Gasteiger charge is 2.28. The molecule has 0 aliphatic carbocycles. The van der Waals surface area contributed by atoms with E-state index in [0.717, 1.165) is 22.9 Å². The first-order valence-corrected chi connectivity index (χ1v) is 9.22. The Balaban J connectivity index is 1.55. The van der Waals surface area contributed by atoms with Gasteiger partial charge in [0.25, 0.3) is 5.91 Å². The van der Waals surface area contributed by atoms with Crippen LogP contribution in [0.1, 0.15) is 19.8 Å². The molecule has 2 heterocycles. The lowest BCUT2D eigenvalue weighted by Crippen LogP contribution is -2.40. The largest absolute Gasteiger partial charge is 0.485 e. The van der Waals surface area contributed by atoms with E-state index in [9.17, 15) is 4.79 Å². The van der Waals surface area contributed by atoms with Crippen LogP contribution in [0.4, 0.5) is 5.13 Å². The molecule has 1 atom stereocenters. The zero-order valence-corrected chi connectivity index (χ0v) is 14.3. The Morgan fingerprint density at radius 2 is 2.22 bits per heavy atom. The number of rotatable bonds is 6. The van der Waals surface area contributed by atoms with Crippen LogP contribution in [0.2, 0.25) is 0 Å². The van der Waals surface area contributed by atoms with E-state index in [2.05, 4.69) is 22.4 Å². The maximum absolute atomic E-state index is 12.3. The van der Waals surface area contributed by atoms with Gasteiger partial charge in [0.15, 0.2) is 15.8 Å². The monoisotopic (exact) mass is 351 g/mol. The van der Waals surface area contributed by atoms with Gasteiger partial charge in [-0.1, -0.05) is 48.6 Å². The summed E-state index contributed by atoms with van der Waals surface area (Å²) in [6.07, 6.45) is 1.60. The number of nitrogens with zero attached hydrogens (tertiary/aromatic N) is 2. The molecule has 3 rings (SSSR count). The number of hydrogen-bond acceptors (Lipinski definition) is 7. The summed E-state index contributed by atoms with van der Waals surface area (Å²) in [4.78, 5) is 12.3. The fourth-order valence-electron chi connectivity index (χ4n) is 1.96. The molecule has 1 aromatic heterocycles. The van der Waals surface area contributed by atoms with Crippen molar-refractivity contribution in [1.29, 1.82) is 0 Å². The molecule has 1 unspecified atom stereocenters. The summed E-state index contributed by atoms with van der Waals surface area (Å²) < 4.78 is 12.1. The third-order valence-electron chi connectivity index (χ3n) is 3.16. The number of fused-ring (bicyclic) bond motifs is 1. The van der Waals surface area contributed by atoms with Crippen LogP contribution in [0.3, 0.4) is 0 Å². The molecule has 1 aliphatic heterocycles. The normalized spacial score (nSPS) is 16.1. The van der Waals surface area contributed by atoms with Crippen LogP contribution in [-0.4, -0.2) is 34.6 Å². The molecule has 1 aliphatic rings. The van der Waals surface area contributed by atoms with E-state index in [1.807, 2.05) is 18.2 Å². The predicted molar refractivity (Wildman–Crippen MR) is 90.5 cm³/mol. The van der Waals surface area contributed by atoms with Crippen molar-refractivity contribution in [2.75, 3.05) is 17.7 Å². The van der Waals surface area contributed by atoms with Gasteiger partial charge in [-0.15, -0.1) is 10.2 Å². The van der Waals surface area contributed by atoms with Crippen molar-refractivity contribution in [1.82, 2.24) is 10.2 Å². The number of anilines is 1. The van der Waals surface area contributed by atoms with E-state index in [-0.39, 0.29) is 12.5 Å². The van der Waals surface area contributed by atoms with Gasteiger partial charge in [-0.25, -0.2) is 0 Å². The van der Waals surface area contributed by atoms with Gasteiger partial charge in [0.2, 0.25) is 11.2 Å². The maximum atomic E-state index is 12.3. The van der Waals surface area contributed by atoms with Crippen molar-refractivity contribution in [3.8, 4) is 11.5 Å². The highest BCUT2D eigenvalue weighted by Crippen LogP contribution is 2.31. The molecule has 0 radical (unpaired) electrons. The van der Waals surface area contributed by atoms with Crippen molar-refractivity contribution in [2.24, 2.45) is 0 Å². The third kappa shape index (κ3) is 4.14. The molecule has 0 saturated carbocycles. The zero-order valence-electron chi connectivity index (χ0n) is 12.7. The lowest BCUT2D eigenvalue weighted by molar-refractivity contribution is -0.125. The molecular formula is C15H17N3O3S2. The average Bonchev–Trinajstić information content (AvgIpc) is 3.02. The van der Waals surface area contributed by atoms with E-state index in [1.54, 1.807) is 17.8 Å². The minimum absolute atomic E-state index is 0.180. The zero-order chi connectivity index (χ0) is 16.1. The molecule has 0 spiro atoms. The van der Waals surface area contributed by atoms with E-state index >= 15 is 0 Å². The Morgan fingerprint density at radius 3 is 3.04 bits per heavy atom. The summed E-state index contributed by atoms with van der Waals surface area (Å²) in [7, 11) is 0. The smallest absolute Gasteiger partial charge is 0.270 e. The fourth-order valence-corrected chi connectivity index (χ4v) is 3.87. The maximum Gasteiger partial charge on any atom is 0.270 e. The second kappa shape index (κ2) is 7.65. The lowest BCUT2D eigenvalue weighted by Gasteiger charge is -2.25. The number of aromatic nitrogens is 2. The number of ether oxygens (including phenoxy) is 2. The molecule has 0 bridgehead atoms. The highest BCUT2D eigenvalue weighted by molar-refractivity contribution is 8.01. The first kappa shape index (κ1) is 16.1. The summed E-state index contributed by atoms with van der Waals surface area (Å²) in [5.41, 5.74) is 0. The Kier molecular flexibility index (Phi) is 5.35. The van der Waals surface area contributed by atoms with E-state index in [1.165, 1.54) is 11.3 Å². The standard InChI is InChI=1S/C15H17N3O3S2/c1-2-3-8-22-15-18-17-14(23-15)16-13(19)12-9-20-10-6-4-5-7-11(10)21-12/h4-7,12H,2-3,8-9H2,1H3,(H,16,17,19). The Hall–Kier alpha value is -1.80. The molecule has 0 saturated heterocycles. The second-order valence-corrected chi connectivity index (χ2v) is 7.25. The number of hydrogen-bond donors (Lipinski definition) is 1. The van der Waals surface area contributed by atoms with Crippen molar-refractivity contribution < 1.29 is 14.3 Å². The number of unbranched alkanes of at least 4 members (excludes halogenated alkanes) is 1. The summed E-state index contributed by atoms with van der Waals surface area (Å²) in [6, 6.07) is 7.30. The van der Waals surface area contributed by atoms with Gasteiger partial charge < -0.3 is 9.47 Å². The summed E-state index contributed by atoms with van der Waals surface area (Å²) in [6.45, 7) is 2.33. The highest BCUT2D eigenvalue weighted by atomic mass is 32.2. The molecule has 2 aromatic rings. The van der Waals surface area contributed by atoms with Crippen LogP contribution in [0.25, 0.3) is 0 Å². The molecule has 1 N–H and O–H groups in total. The molecule has 23 heavy (non-hydrogen) atoms. The van der Waals surface area contributed by atoms with Crippen molar-refractivity contribution in [3.05, 3.63) is 24.3 Å². The van der Waals surface area contributed by atoms with Crippen LogP contribution in [0, 0.1) is 0 Å². The molecule has 122 valence electrons. The van der Waals surface area contributed by atoms with Gasteiger partial charge in [-0.3, -0.25) is 10.1 Å². The number of para-hydroxylation sites is 2. The van der Waals surface area contributed by atoms with Crippen LogP contribution in [0.5, 0.6) is 11.5 Å². The van der Waals surface area contributed by atoms with Gasteiger partial charge in [0.1, 0.15) is 6.61 Å². The number of amides is 1. The molecule has 6 nitrogen and oxygen atoms in total. The number of thioether (sulfide) groups is 1. The molecule has 1 aromatic carbocycles. The summed E-state index contributed by atoms with van der Waals surface area (Å²) in [5, 5.41) is 11.3. The quantitative estimate of drug-likeness (QED) is 0.489. The predicted octanol–water partition coefficient (Wildman–Crippen LogP) is 3.21. The molecular weight excluding hydrogens is 334 g/mol. The van der Waals surface area contributed by atoms with Crippen molar-refractivity contribution in [2.45, 2.75) is 30.2 Å². The van der Waals surface area contributed by atoms with Crippen molar-refractivity contribution >= 4 is 34.1 Å². The Bertz CT molecular complexity index is 677. The second-order valence-electron chi connectivity index (χ2n) is 4.93. The van der Waals surface area contributed by atoms with Gasteiger partial charge in [0, 0.05) is 5.75 Å². The SMILES string of the molecule is CCCCSc1nnc(NC(=O)C2COc3ccccc3O2)s1. The molecule has 8 heteroatoms. The van der Waals surface area contributed by atoms with Gasteiger partial charge >= 0.3 is 0 Å². The lowest BCUT2D eigenvalue weighted by atomic mass is 10.2. The summed E-state index contributed by atoms with van der Waals surface area (Å²) >= 11 is 3.03. The fraction of sp³-hybridized carbons (Fsp3) is 0.400. The Labute approximate surface area is 142 Å². The minimum Gasteiger partial charge on any atom is -0.485 e.